The highest BCUT2D eigenvalue weighted by atomic mass is 127. The van der Waals surface area contributed by atoms with E-state index in [4.69, 9.17) is 0 Å². The summed E-state index contributed by atoms with van der Waals surface area (Å²) in [4.78, 5) is 14.8. The Kier molecular flexibility index (Phi) is 5.10. The molecule has 0 aliphatic carbocycles. The van der Waals surface area contributed by atoms with Gasteiger partial charge < -0.3 is 10.1 Å². The fraction of sp³-hybridized carbons (Fsp3) is 0.118. The quantitative estimate of drug-likeness (QED) is 0.434. The van der Waals surface area contributed by atoms with Gasteiger partial charge in [-0.1, -0.05) is 17.7 Å². The van der Waals surface area contributed by atoms with Gasteiger partial charge in [-0.25, -0.2) is 8.42 Å². The van der Waals surface area contributed by atoms with Crippen LogP contribution >= 0.6 is 22.6 Å². The molecule has 3 rings (SSSR count). The van der Waals surface area contributed by atoms with Gasteiger partial charge in [-0.3, -0.25) is 4.79 Å². The standard InChI is InChI=1S/C17H14IN3O4S/c1-10-2-5-12(6-3-10)26(24,25)9-15(22)20-21-16-13-8-11(18)4-7-14(13)19-17(16)23/h2-8,19,23H,9H2,1H3. The zero-order valence-electron chi connectivity index (χ0n) is 13.6. The number of rotatable bonds is 4. The molecule has 0 saturated heterocycles. The number of hydrogen-bond acceptors (Lipinski definition) is 5. The van der Waals surface area contributed by atoms with Gasteiger partial charge in [0.25, 0.3) is 5.91 Å². The van der Waals surface area contributed by atoms with Gasteiger partial charge in [0.15, 0.2) is 15.5 Å². The number of nitrogens with one attached hydrogen (secondary N) is 1. The molecule has 9 heteroatoms. The molecule has 0 unspecified atom stereocenters. The molecule has 0 atom stereocenters. The number of nitrogens with zero attached hydrogens (tertiary/aromatic N) is 2. The Morgan fingerprint density at radius 2 is 1.88 bits per heavy atom. The summed E-state index contributed by atoms with van der Waals surface area (Å²) < 4.78 is 25.4. The van der Waals surface area contributed by atoms with E-state index in [1.165, 1.54) is 12.1 Å². The van der Waals surface area contributed by atoms with E-state index in [1.54, 1.807) is 24.3 Å². The van der Waals surface area contributed by atoms with Crippen molar-refractivity contribution < 1.29 is 18.3 Å². The van der Waals surface area contributed by atoms with Crippen LogP contribution in [0.15, 0.2) is 57.6 Å². The summed E-state index contributed by atoms with van der Waals surface area (Å²) in [6.45, 7) is 1.84. The third kappa shape index (κ3) is 3.93. The second-order valence-corrected chi connectivity index (χ2v) is 8.91. The number of aryl methyl sites for hydroxylation is 1. The van der Waals surface area contributed by atoms with Crippen molar-refractivity contribution in [1.82, 2.24) is 4.98 Å². The number of hydrogen-bond donors (Lipinski definition) is 2. The highest BCUT2D eigenvalue weighted by Crippen LogP contribution is 2.36. The number of halogens is 1. The van der Waals surface area contributed by atoms with Crippen molar-refractivity contribution in [3.63, 3.8) is 0 Å². The monoisotopic (exact) mass is 483 g/mol. The second-order valence-electron chi connectivity index (χ2n) is 5.68. The molecular formula is C17H14IN3O4S. The largest absolute Gasteiger partial charge is 0.493 e. The Hall–Kier alpha value is -2.27. The number of aromatic amines is 1. The summed E-state index contributed by atoms with van der Waals surface area (Å²) in [5.74, 6) is -1.94. The van der Waals surface area contributed by atoms with E-state index in [1.807, 2.05) is 13.0 Å². The van der Waals surface area contributed by atoms with E-state index >= 15 is 0 Å². The van der Waals surface area contributed by atoms with Gasteiger partial charge in [-0.2, -0.15) is 0 Å². The highest BCUT2D eigenvalue weighted by molar-refractivity contribution is 14.1. The molecule has 0 radical (unpaired) electrons. The zero-order valence-corrected chi connectivity index (χ0v) is 16.6. The van der Waals surface area contributed by atoms with Crippen LogP contribution in [0.25, 0.3) is 10.9 Å². The van der Waals surface area contributed by atoms with Gasteiger partial charge in [-0.05, 0) is 59.8 Å². The van der Waals surface area contributed by atoms with Crippen molar-refractivity contribution in [3.05, 3.63) is 51.6 Å². The van der Waals surface area contributed by atoms with Gasteiger partial charge in [0.2, 0.25) is 5.88 Å². The summed E-state index contributed by atoms with van der Waals surface area (Å²) in [6.07, 6.45) is 0. The fourth-order valence-corrected chi connectivity index (χ4v) is 3.95. The minimum absolute atomic E-state index is 0.0520. The SMILES string of the molecule is Cc1ccc(S(=O)(=O)CC(=O)N=Nc2c(O)[nH]c3ccc(I)cc23)cc1. The predicted molar refractivity (Wildman–Crippen MR) is 105 cm³/mol. The van der Waals surface area contributed by atoms with Gasteiger partial charge in [0.1, 0.15) is 5.75 Å². The number of benzene rings is 2. The maximum absolute atomic E-state index is 12.3. The molecule has 0 bridgehead atoms. The van der Waals surface area contributed by atoms with Crippen molar-refractivity contribution in [2.75, 3.05) is 5.75 Å². The van der Waals surface area contributed by atoms with Gasteiger partial charge >= 0.3 is 0 Å². The first-order valence-corrected chi connectivity index (χ1v) is 10.2. The van der Waals surface area contributed by atoms with Crippen LogP contribution in [0, 0.1) is 10.5 Å². The number of azo groups is 1. The van der Waals surface area contributed by atoms with Crippen molar-refractivity contribution >= 4 is 54.9 Å². The Bertz CT molecular complexity index is 1120. The smallest absolute Gasteiger partial charge is 0.280 e. The van der Waals surface area contributed by atoms with E-state index in [0.717, 1.165) is 9.13 Å². The number of aromatic nitrogens is 1. The Balaban J connectivity index is 1.83. The van der Waals surface area contributed by atoms with Crippen molar-refractivity contribution in [1.29, 1.82) is 0 Å². The molecule has 2 aromatic carbocycles. The third-order valence-corrected chi connectivity index (χ3v) is 5.96. The molecule has 0 fully saturated rings. The van der Waals surface area contributed by atoms with Crippen molar-refractivity contribution in [3.8, 4) is 5.88 Å². The molecule has 134 valence electrons. The van der Waals surface area contributed by atoms with Crippen molar-refractivity contribution in [2.24, 2.45) is 10.2 Å². The number of H-pyrrole nitrogens is 1. The first-order valence-electron chi connectivity index (χ1n) is 7.50. The van der Waals surface area contributed by atoms with Crippen LogP contribution in [0.3, 0.4) is 0 Å². The third-order valence-electron chi connectivity index (χ3n) is 3.67. The summed E-state index contributed by atoms with van der Waals surface area (Å²) in [5, 5.41) is 17.7. The lowest BCUT2D eigenvalue weighted by Gasteiger charge is -2.01. The Morgan fingerprint density at radius 3 is 2.58 bits per heavy atom. The Morgan fingerprint density at radius 1 is 1.19 bits per heavy atom. The molecule has 2 N–H and O–H groups in total. The molecule has 26 heavy (non-hydrogen) atoms. The number of amides is 1. The molecule has 3 aromatic rings. The lowest BCUT2D eigenvalue weighted by molar-refractivity contribution is -0.115. The molecule has 1 aromatic heterocycles. The van der Waals surface area contributed by atoms with Crippen molar-refractivity contribution in [2.45, 2.75) is 11.8 Å². The van der Waals surface area contributed by atoms with E-state index in [-0.39, 0.29) is 16.5 Å². The average molecular weight is 483 g/mol. The number of carbonyl (C=O) groups excluding carboxylic acids is 1. The maximum Gasteiger partial charge on any atom is 0.280 e. The lowest BCUT2D eigenvalue weighted by atomic mass is 10.2. The van der Waals surface area contributed by atoms with Gasteiger partial charge in [0.05, 0.1) is 10.4 Å². The number of aromatic hydroxyl groups is 1. The van der Waals surface area contributed by atoms with E-state index in [2.05, 4.69) is 37.8 Å². The first-order chi connectivity index (χ1) is 12.3. The second kappa shape index (κ2) is 7.16. The number of sulfone groups is 1. The molecule has 7 nitrogen and oxygen atoms in total. The van der Waals surface area contributed by atoms with E-state index in [9.17, 15) is 18.3 Å². The van der Waals surface area contributed by atoms with Crippen LogP contribution < -0.4 is 0 Å². The normalized spacial score (nSPS) is 12.1. The maximum atomic E-state index is 12.3. The molecule has 1 amide bonds. The van der Waals surface area contributed by atoms with E-state index < -0.39 is 21.5 Å². The lowest BCUT2D eigenvalue weighted by Crippen LogP contribution is -2.14. The van der Waals surface area contributed by atoms with Crippen LogP contribution in [0.2, 0.25) is 0 Å². The fourth-order valence-electron chi connectivity index (χ4n) is 2.36. The summed E-state index contributed by atoms with van der Waals surface area (Å²) in [6, 6.07) is 11.6. The molecule has 1 heterocycles. The zero-order chi connectivity index (χ0) is 18.9. The number of carbonyl (C=O) groups is 1. The van der Waals surface area contributed by atoms with Crippen LogP contribution in [0.4, 0.5) is 5.69 Å². The molecule has 0 aliphatic rings. The average Bonchev–Trinajstić information content (AvgIpc) is 2.87. The number of fused-ring (bicyclic) bond motifs is 1. The molecule has 0 aliphatic heterocycles. The van der Waals surface area contributed by atoms with Gasteiger partial charge in [-0.15, -0.1) is 10.2 Å². The minimum Gasteiger partial charge on any atom is -0.493 e. The molecular weight excluding hydrogens is 469 g/mol. The summed E-state index contributed by atoms with van der Waals surface area (Å²) >= 11 is 2.11. The Labute approximate surface area is 163 Å². The van der Waals surface area contributed by atoms with Crippen LogP contribution in [-0.2, 0) is 14.6 Å². The van der Waals surface area contributed by atoms with Crippen LogP contribution in [0.5, 0.6) is 5.88 Å². The van der Waals surface area contributed by atoms with E-state index in [0.29, 0.717) is 10.9 Å². The predicted octanol–water partition coefficient (Wildman–Crippen LogP) is 3.87. The van der Waals surface area contributed by atoms with Crippen LogP contribution in [-0.4, -0.2) is 30.2 Å². The van der Waals surface area contributed by atoms with Crippen LogP contribution in [0.1, 0.15) is 5.56 Å². The summed E-state index contributed by atoms with van der Waals surface area (Å²) in [5.41, 5.74) is 1.65. The summed E-state index contributed by atoms with van der Waals surface area (Å²) in [7, 11) is -3.80. The van der Waals surface area contributed by atoms with Gasteiger partial charge in [0, 0.05) is 8.96 Å². The molecule has 0 saturated carbocycles. The topological polar surface area (TPSA) is 112 Å². The first kappa shape index (κ1) is 18.5. The minimum atomic E-state index is -3.80. The molecule has 0 spiro atoms. The highest BCUT2D eigenvalue weighted by Gasteiger charge is 2.19.